The van der Waals surface area contributed by atoms with Crippen LogP contribution in [-0.4, -0.2) is 55.8 Å². The van der Waals surface area contributed by atoms with Crippen molar-refractivity contribution in [3.8, 4) is 34.3 Å². The van der Waals surface area contributed by atoms with Gasteiger partial charge in [-0.05, 0) is 58.1 Å². The molecule has 206 valence electrons. The van der Waals surface area contributed by atoms with Crippen LogP contribution in [0.1, 0.15) is 24.4 Å². The third-order valence-corrected chi connectivity index (χ3v) is 7.98. The first-order valence-electron chi connectivity index (χ1n) is 12.1. The Bertz CT molecular complexity index is 1640. The molecule has 3 heterocycles. The third kappa shape index (κ3) is 4.95. The number of benzene rings is 2. The van der Waals surface area contributed by atoms with Crippen LogP contribution in [0.4, 0.5) is 9.18 Å². The number of nitrogens with zero attached hydrogens (tertiary/aromatic N) is 5. The number of aromatic nitrogens is 5. The highest BCUT2D eigenvalue weighted by atomic mass is 35.5. The van der Waals surface area contributed by atoms with E-state index in [-0.39, 0.29) is 40.2 Å². The lowest BCUT2D eigenvalue weighted by atomic mass is 9.96. The van der Waals surface area contributed by atoms with Gasteiger partial charge in [-0.3, -0.25) is 4.79 Å². The summed E-state index contributed by atoms with van der Waals surface area (Å²) in [6.45, 7) is 0. The van der Waals surface area contributed by atoms with E-state index < -0.39 is 17.4 Å². The Morgan fingerprint density at radius 1 is 1.25 bits per heavy atom. The van der Waals surface area contributed by atoms with Gasteiger partial charge in [0.05, 0.1) is 31.8 Å². The maximum absolute atomic E-state index is 15.0. The molecule has 4 aromatic rings. The van der Waals surface area contributed by atoms with Gasteiger partial charge in [-0.15, -0.1) is 22.0 Å². The number of fused-ring (bicyclic) bond motifs is 1. The van der Waals surface area contributed by atoms with Gasteiger partial charge in [-0.2, -0.15) is 4.80 Å². The Labute approximate surface area is 235 Å². The van der Waals surface area contributed by atoms with Crippen molar-refractivity contribution in [2.75, 3.05) is 12.9 Å². The summed E-state index contributed by atoms with van der Waals surface area (Å²) in [5.74, 6) is -0.129. The van der Waals surface area contributed by atoms with Crippen LogP contribution in [0, 0.1) is 5.82 Å². The zero-order valence-corrected chi connectivity index (χ0v) is 22.7. The molecule has 0 radical (unpaired) electrons. The van der Waals surface area contributed by atoms with E-state index in [1.165, 1.54) is 24.0 Å². The molecule has 1 aliphatic heterocycles. The zero-order valence-electron chi connectivity index (χ0n) is 21.1. The summed E-state index contributed by atoms with van der Waals surface area (Å²) in [6, 6.07) is 9.55. The molecule has 2 amide bonds. The summed E-state index contributed by atoms with van der Waals surface area (Å²) in [7, 11) is 3.00. The van der Waals surface area contributed by atoms with Crippen LogP contribution < -0.4 is 20.1 Å². The number of carbonyl (C=O) groups is 2. The summed E-state index contributed by atoms with van der Waals surface area (Å²) in [5, 5.41) is 21.4. The standard InChI is InChI=1S/C25H21ClFN7O5S/c1-34-31-22(30-33-34)21-15(8-13(26)9-16(21)27)12-3-4-14-17(11-40-18(14)7-12)28-23(35)25(5-6-25)29-24(36)38-20-10-19(37-2)32-39-20/h3-4,7-10,17H,5-6,11H2,1-2H3,(H,28,35)(H,29,36). The lowest BCUT2D eigenvalue weighted by Gasteiger charge is -2.20. The Hall–Kier alpha value is -4.17. The SMILES string of the molecule is COc1cc(OC(=O)NC2(C(=O)NC3CSc4cc(-c5cc(Cl)cc(F)c5-c5nnn(C)n5)ccc43)CC2)on1. The molecule has 1 unspecified atom stereocenters. The minimum atomic E-state index is -1.06. The van der Waals surface area contributed by atoms with Crippen molar-refractivity contribution in [2.24, 2.45) is 7.05 Å². The van der Waals surface area contributed by atoms with Crippen molar-refractivity contribution in [3.05, 3.63) is 52.8 Å². The average molecular weight is 586 g/mol. The second kappa shape index (κ2) is 10.1. The van der Waals surface area contributed by atoms with E-state index in [1.807, 2.05) is 18.2 Å². The molecule has 6 rings (SSSR count). The van der Waals surface area contributed by atoms with Crippen molar-refractivity contribution in [1.29, 1.82) is 0 Å². The number of hydrogen-bond donors (Lipinski definition) is 2. The number of nitrogens with one attached hydrogen (secondary N) is 2. The number of carbonyl (C=O) groups excluding carboxylic acids is 2. The second-order valence-electron chi connectivity index (χ2n) is 9.29. The lowest BCUT2D eigenvalue weighted by Crippen LogP contribution is -2.50. The molecule has 0 spiro atoms. The van der Waals surface area contributed by atoms with Crippen LogP contribution in [0.15, 0.2) is 45.8 Å². The molecule has 2 aliphatic rings. The second-order valence-corrected chi connectivity index (χ2v) is 10.8. The van der Waals surface area contributed by atoms with Crippen LogP contribution in [0.3, 0.4) is 0 Å². The smallest absolute Gasteiger partial charge is 0.415 e. The number of ether oxygens (including phenoxy) is 2. The number of aryl methyl sites for hydroxylation is 1. The molecule has 15 heteroatoms. The highest BCUT2D eigenvalue weighted by Crippen LogP contribution is 2.44. The predicted molar refractivity (Wildman–Crippen MR) is 140 cm³/mol. The molecule has 2 aromatic heterocycles. The molecular weight excluding hydrogens is 565 g/mol. The van der Waals surface area contributed by atoms with Gasteiger partial charge < -0.3 is 24.6 Å². The fraction of sp³-hybridized carbons (Fsp3) is 0.280. The van der Waals surface area contributed by atoms with E-state index in [1.54, 1.807) is 24.9 Å². The summed E-state index contributed by atoms with van der Waals surface area (Å²) in [6.07, 6.45) is 0.108. The van der Waals surface area contributed by atoms with Gasteiger partial charge in [0.1, 0.15) is 11.4 Å². The fourth-order valence-corrected chi connectivity index (χ4v) is 5.84. The molecule has 1 aliphatic carbocycles. The van der Waals surface area contributed by atoms with Crippen molar-refractivity contribution in [3.63, 3.8) is 0 Å². The van der Waals surface area contributed by atoms with Gasteiger partial charge in [0.15, 0.2) is 0 Å². The van der Waals surface area contributed by atoms with Crippen molar-refractivity contribution >= 4 is 35.4 Å². The minimum Gasteiger partial charge on any atom is -0.479 e. The number of halogens is 2. The maximum Gasteiger partial charge on any atom is 0.415 e. The maximum atomic E-state index is 15.0. The molecule has 2 aromatic carbocycles. The summed E-state index contributed by atoms with van der Waals surface area (Å²) < 4.78 is 29.8. The monoisotopic (exact) mass is 585 g/mol. The number of methoxy groups -OCH3 is 1. The first kappa shape index (κ1) is 26.1. The Morgan fingerprint density at radius 3 is 2.77 bits per heavy atom. The quantitative estimate of drug-likeness (QED) is 0.327. The molecule has 12 nitrogen and oxygen atoms in total. The van der Waals surface area contributed by atoms with Crippen LogP contribution in [-0.2, 0) is 11.8 Å². The van der Waals surface area contributed by atoms with Crippen molar-refractivity contribution in [1.82, 2.24) is 36.0 Å². The molecule has 1 saturated carbocycles. The first-order valence-corrected chi connectivity index (χ1v) is 13.4. The van der Waals surface area contributed by atoms with Gasteiger partial charge in [0.25, 0.3) is 5.88 Å². The largest absolute Gasteiger partial charge is 0.479 e. The molecule has 0 saturated heterocycles. The van der Waals surface area contributed by atoms with Crippen LogP contribution in [0.25, 0.3) is 22.5 Å². The summed E-state index contributed by atoms with van der Waals surface area (Å²) >= 11 is 7.75. The van der Waals surface area contributed by atoms with E-state index in [9.17, 15) is 9.59 Å². The van der Waals surface area contributed by atoms with Gasteiger partial charge in [0, 0.05) is 15.7 Å². The molecular formula is C25H21ClFN7O5S. The van der Waals surface area contributed by atoms with Gasteiger partial charge in [0.2, 0.25) is 11.7 Å². The first-order chi connectivity index (χ1) is 19.2. The number of hydrogen-bond acceptors (Lipinski definition) is 10. The predicted octanol–water partition coefficient (Wildman–Crippen LogP) is 3.92. The van der Waals surface area contributed by atoms with Crippen LogP contribution >= 0.6 is 23.4 Å². The van der Waals surface area contributed by atoms with E-state index >= 15 is 4.39 Å². The van der Waals surface area contributed by atoms with E-state index in [4.69, 9.17) is 25.6 Å². The number of thioether (sulfide) groups is 1. The highest BCUT2D eigenvalue weighted by molar-refractivity contribution is 7.99. The van der Waals surface area contributed by atoms with E-state index in [2.05, 4.69) is 31.2 Å². The average Bonchev–Trinajstić information content (AvgIpc) is 3.22. The van der Waals surface area contributed by atoms with E-state index in [0.29, 0.717) is 29.7 Å². The molecule has 0 bridgehead atoms. The van der Waals surface area contributed by atoms with Gasteiger partial charge >= 0.3 is 12.0 Å². The zero-order chi connectivity index (χ0) is 28.0. The molecule has 2 N–H and O–H groups in total. The minimum absolute atomic E-state index is 0.146. The Balaban J connectivity index is 1.18. The molecule has 1 fully saturated rings. The van der Waals surface area contributed by atoms with Crippen LogP contribution in [0.5, 0.6) is 11.8 Å². The van der Waals surface area contributed by atoms with Crippen molar-refractivity contribution < 1.29 is 28.0 Å². The van der Waals surface area contributed by atoms with Gasteiger partial charge in [-0.1, -0.05) is 23.7 Å². The Morgan fingerprint density at radius 2 is 2.08 bits per heavy atom. The molecule has 1 atom stereocenters. The Kier molecular flexibility index (Phi) is 6.58. The van der Waals surface area contributed by atoms with Crippen LogP contribution in [0.2, 0.25) is 5.02 Å². The number of tetrazole rings is 1. The highest BCUT2D eigenvalue weighted by Gasteiger charge is 2.52. The normalized spacial score (nSPS) is 16.8. The van der Waals surface area contributed by atoms with Crippen molar-refractivity contribution in [2.45, 2.75) is 29.3 Å². The summed E-state index contributed by atoms with van der Waals surface area (Å²) in [4.78, 5) is 27.7. The summed E-state index contributed by atoms with van der Waals surface area (Å²) in [5.41, 5.74) is 1.29. The fourth-order valence-electron chi connectivity index (χ4n) is 4.44. The third-order valence-electron chi connectivity index (χ3n) is 6.59. The lowest BCUT2D eigenvalue weighted by molar-refractivity contribution is -0.124. The van der Waals surface area contributed by atoms with E-state index in [0.717, 1.165) is 10.5 Å². The number of rotatable bonds is 7. The number of amides is 2. The topological polar surface area (TPSA) is 146 Å². The van der Waals surface area contributed by atoms with Gasteiger partial charge in [-0.25, -0.2) is 9.18 Å². The molecule has 40 heavy (non-hydrogen) atoms.